The average molecular weight is 481 g/mol. The lowest BCUT2D eigenvalue weighted by atomic mass is 10.3. The van der Waals surface area contributed by atoms with E-state index >= 15 is 0 Å². The van der Waals surface area contributed by atoms with Gasteiger partial charge in [0.25, 0.3) is 20.2 Å². The molecule has 0 aliphatic rings. The Morgan fingerprint density at radius 1 is 0.781 bits per heavy atom. The van der Waals surface area contributed by atoms with Crippen LogP contribution in [0.4, 0.5) is 23.3 Å². The van der Waals surface area contributed by atoms with E-state index in [1.165, 1.54) is 42.5 Å². The molecule has 2 aromatic carbocycles. The highest BCUT2D eigenvalue weighted by molar-refractivity contribution is 7.86. The highest BCUT2D eigenvalue weighted by Crippen LogP contribution is 2.21. The Bertz CT molecular complexity index is 1310. The van der Waals surface area contributed by atoms with Gasteiger partial charge in [0, 0.05) is 17.8 Å². The molecule has 32 heavy (non-hydrogen) atoms. The van der Waals surface area contributed by atoms with E-state index in [2.05, 4.69) is 25.6 Å². The van der Waals surface area contributed by atoms with Crippen LogP contribution >= 0.6 is 0 Å². The normalized spacial score (nSPS) is 11.8. The molecule has 170 valence electrons. The van der Waals surface area contributed by atoms with Crippen LogP contribution in [0.1, 0.15) is 12.2 Å². The topological polar surface area (TPSA) is 197 Å². The van der Waals surface area contributed by atoms with Crippen molar-refractivity contribution in [2.75, 3.05) is 17.2 Å². The molecule has 0 aliphatic heterocycles. The van der Waals surface area contributed by atoms with Gasteiger partial charge in [-0.1, -0.05) is 6.07 Å². The zero-order chi connectivity index (χ0) is 23.4. The van der Waals surface area contributed by atoms with E-state index in [4.69, 9.17) is 10.3 Å². The lowest BCUT2D eigenvalue weighted by Gasteiger charge is -2.11. The summed E-state index contributed by atoms with van der Waals surface area (Å²) in [6.45, 7) is 0.421. The van der Waals surface area contributed by atoms with E-state index < -0.39 is 20.2 Å². The number of hydrogen-bond donors (Lipinski definition) is 5. The summed E-state index contributed by atoms with van der Waals surface area (Å²) in [5, 5.41) is 5.78. The van der Waals surface area contributed by atoms with Crippen molar-refractivity contribution < 1.29 is 25.9 Å². The number of aryl methyl sites for hydroxylation is 1. The maximum absolute atomic E-state index is 11.4. The Morgan fingerprint density at radius 3 is 1.94 bits per heavy atom. The molecule has 0 spiro atoms. The number of nitrogens with two attached hydrogens (primary N) is 1. The first-order valence-corrected chi connectivity index (χ1v) is 12.1. The number of nitrogens with one attached hydrogen (secondary N) is 2. The summed E-state index contributed by atoms with van der Waals surface area (Å²) in [4.78, 5) is 12.3. The molecular weight excluding hydrogens is 460 g/mol. The second-order valence-corrected chi connectivity index (χ2v) is 9.39. The third-order valence-corrected chi connectivity index (χ3v) is 5.80. The monoisotopic (exact) mass is 480 g/mol. The minimum Gasteiger partial charge on any atom is -0.330 e. The molecule has 0 radical (unpaired) electrons. The number of anilines is 4. The van der Waals surface area contributed by atoms with Crippen molar-refractivity contribution in [3.05, 3.63) is 54.4 Å². The number of nitrogens with zero attached hydrogens (tertiary/aromatic N) is 3. The van der Waals surface area contributed by atoms with Crippen LogP contribution in [0.25, 0.3) is 0 Å². The second-order valence-electron chi connectivity index (χ2n) is 6.54. The van der Waals surface area contributed by atoms with E-state index in [-0.39, 0.29) is 21.7 Å². The van der Waals surface area contributed by atoms with Gasteiger partial charge >= 0.3 is 0 Å². The summed E-state index contributed by atoms with van der Waals surface area (Å²) in [5.74, 6) is 0.660. The minimum atomic E-state index is -4.38. The first kappa shape index (κ1) is 23.5. The predicted molar refractivity (Wildman–Crippen MR) is 116 cm³/mol. The van der Waals surface area contributed by atoms with E-state index in [9.17, 15) is 21.4 Å². The van der Waals surface area contributed by atoms with Crippen molar-refractivity contribution in [2.24, 2.45) is 5.73 Å². The standard InChI is InChI=1S/C18H20N6O6S2/c19-10-2-5-16-22-17(20-12-6-8-14(9-7-12)31(25,26)27)24-18(23-16)21-13-3-1-4-15(11-13)32(28,29)30/h1,3-4,6-9,11H,2,5,10,19H2,(H,25,26,27)(H,28,29,30)(H2,20,21,22,23,24). The predicted octanol–water partition coefficient (Wildman–Crippen LogP) is 1.74. The van der Waals surface area contributed by atoms with Gasteiger partial charge in [-0.2, -0.15) is 31.8 Å². The van der Waals surface area contributed by atoms with Crippen molar-refractivity contribution in [3.8, 4) is 0 Å². The quantitative estimate of drug-likeness (QED) is 0.278. The Balaban J connectivity index is 1.90. The number of hydrogen-bond acceptors (Lipinski definition) is 10. The molecule has 0 bridgehead atoms. The summed E-state index contributed by atoms with van der Waals surface area (Å²) in [6.07, 6.45) is 1.07. The summed E-state index contributed by atoms with van der Waals surface area (Å²) in [6, 6.07) is 10.8. The maximum Gasteiger partial charge on any atom is 0.294 e. The van der Waals surface area contributed by atoms with Crippen LogP contribution in [0, 0.1) is 0 Å². The Kier molecular flexibility index (Phi) is 7.00. The molecule has 14 heteroatoms. The van der Waals surface area contributed by atoms with E-state index in [0.29, 0.717) is 36.6 Å². The fourth-order valence-electron chi connectivity index (χ4n) is 2.61. The molecule has 0 aliphatic carbocycles. The first-order chi connectivity index (χ1) is 15.0. The van der Waals surface area contributed by atoms with E-state index in [1.54, 1.807) is 6.07 Å². The van der Waals surface area contributed by atoms with Crippen molar-refractivity contribution in [1.82, 2.24) is 15.0 Å². The third-order valence-electron chi connectivity index (χ3n) is 4.08. The van der Waals surface area contributed by atoms with E-state index in [0.717, 1.165) is 0 Å². The largest absolute Gasteiger partial charge is 0.330 e. The summed E-state index contributed by atoms with van der Waals surface area (Å²) in [5.41, 5.74) is 6.32. The van der Waals surface area contributed by atoms with Gasteiger partial charge in [0.2, 0.25) is 11.9 Å². The lowest BCUT2D eigenvalue weighted by Crippen LogP contribution is -2.09. The lowest BCUT2D eigenvalue weighted by molar-refractivity contribution is 0.481. The molecule has 0 unspecified atom stereocenters. The Morgan fingerprint density at radius 2 is 1.38 bits per heavy atom. The SMILES string of the molecule is NCCCc1nc(Nc2ccc(S(=O)(=O)O)cc2)nc(Nc2cccc(S(=O)(=O)O)c2)n1. The molecule has 6 N–H and O–H groups in total. The van der Waals surface area contributed by atoms with Gasteiger partial charge in [0.15, 0.2) is 0 Å². The molecule has 0 fully saturated rings. The number of rotatable bonds is 9. The highest BCUT2D eigenvalue weighted by atomic mass is 32.2. The number of aromatic nitrogens is 3. The van der Waals surface area contributed by atoms with Gasteiger partial charge in [0.05, 0.1) is 9.79 Å². The molecule has 1 heterocycles. The van der Waals surface area contributed by atoms with Crippen molar-refractivity contribution in [3.63, 3.8) is 0 Å². The van der Waals surface area contributed by atoms with Gasteiger partial charge in [0.1, 0.15) is 5.82 Å². The highest BCUT2D eigenvalue weighted by Gasteiger charge is 2.13. The van der Waals surface area contributed by atoms with Crippen molar-refractivity contribution in [1.29, 1.82) is 0 Å². The summed E-state index contributed by atoms with van der Waals surface area (Å²) in [7, 11) is -8.70. The summed E-state index contributed by atoms with van der Waals surface area (Å²) >= 11 is 0. The molecule has 0 atom stereocenters. The zero-order valence-corrected chi connectivity index (χ0v) is 18.1. The molecular formula is C18H20N6O6S2. The molecule has 0 saturated carbocycles. The van der Waals surface area contributed by atoms with Gasteiger partial charge in [-0.15, -0.1) is 0 Å². The number of benzene rings is 2. The smallest absolute Gasteiger partial charge is 0.294 e. The summed E-state index contributed by atoms with van der Waals surface area (Å²) < 4.78 is 63.4. The Labute approximate surface area is 184 Å². The molecule has 0 amide bonds. The van der Waals surface area contributed by atoms with E-state index in [1.807, 2.05) is 0 Å². The zero-order valence-electron chi connectivity index (χ0n) is 16.5. The molecule has 12 nitrogen and oxygen atoms in total. The van der Waals surface area contributed by atoms with Crippen LogP contribution in [0.2, 0.25) is 0 Å². The van der Waals surface area contributed by atoms with Gasteiger partial charge in [-0.05, 0) is 55.4 Å². The van der Waals surface area contributed by atoms with Gasteiger partial charge in [-0.3, -0.25) is 9.11 Å². The molecule has 0 saturated heterocycles. The molecule has 3 rings (SSSR count). The van der Waals surface area contributed by atoms with Crippen LogP contribution in [-0.2, 0) is 26.7 Å². The van der Waals surface area contributed by atoms with Gasteiger partial charge < -0.3 is 16.4 Å². The van der Waals surface area contributed by atoms with Crippen molar-refractivity contribution in [2.45, 2.75) is 22.6 Å². The van der Waals surface area contributed by atoms with Crippen molar-refractivity contribution >= 4 is 43.5 Å². The minimum absolute atomic E-state index is 0.108. The second kappa shape index (κ2) is 9.54. The maximum atomic E-state index is 11.4. The van der Waals surface area contributed by atoms with Crippen LogP contribution in [0.15, 0.2) is 58.3 Å². The van der Waals surface area contributed by atoms with Gasteiger partial charge in [-0.25, -0.2) is 0 Å². The van der Waals surface area contributed by atoms with Crippen LogP contribution in [0.3, 0.4) is 0 Å². The average Bonchev–Trinajstić information content (AvgIpc) is 2.71. The van der Waals surface area contributed by atoms with Crippen LogP contribution < -0.4 is 16.4 Å². The first-order valence-electron chi connectivity index (χ1n) is 9.19. The fourth-order valence-corrected chi connectivity index (χ4v) is 3.61. The Hall–Kier alpha value is -3.17. The van der Waals surface area contributed by atoms with Crippen LogP contribution in [-0.4, -0.2) is 47.4 Å². The third kappa shape index (κ3) is 6.41. The van der Waals surface area contributed by atoms with Crippen LogP contribution in [0.5, 0.6) is 0 Å². The molecule has 1 aromatic heterocycles. The fraction of sp³-hybridized carbons (Fsp3) is 0.167. The molecule has 3 aromatic rings.